The molecule has 4 N–H and O–H groups in total. The third-order valence-electron chi connectivity index (χ3n) is 6.66. The molecule has 3 aliphatic rings. The van der Waals surface area contributed by atoms with Gasteiger partial charge in [-0.05, 0) is 18.1 Å². The highest BCUT2D eigenvalue weighted by molar-refractivity contribution is 5.87. The summed E-state index contributed by atoms with van der Waals surface area (Å²) in [5.74, 6) is -0.291. The number of rotatable bonds is 6. The van der Waals surface area contributed by atoms with Gasteiger partial charge in [0.2, 0.25) is 0 Å². The lowest BCUT2D eigenvalue weighted by molar-refractivity contribution is -0.118. The number of hydrogen-bond acceptors (Lipinski definition) is 9. The van der Waals surface area contributed by atoms with Gasteiger partial charge in [-0.15, -0.1) is 0 Å². The summed E-state index contributed by atoms with van der Waals surface area (Å²) in [4.78, 5) is 18.2. The molecular weight excluding hydrogens is 536 g/mol. The van der Waals surface area contributed by atoms with Crippen LogP contribution in [0.1, 0.15) is 64.8 Å². The van der Waals surface area contributed by atoms with E-state index in [0.717, 1.165) is 47.0 Å². The van der Waals surface area contributed by atoms with Crippen LogP contribution in [-0.4, -0.2) is 89.4 Å². The number of aliphatic hydroxyl groups excluding tert-OH is 4. The van der Waals surface area contributed by atoms with Crippen LogP contribution in [0.15, 0.2) is 42.5 Å². The maximum Gasteiger partial charge on any atom is 0.149 e. The second-order valence-electron chi connectivity index (χ2n) is 8.79. The van der Waals surface area contributed by atoms with Crippen molar-refractivity contribution in [3.05, 3.63) is 59.3 Å². The van der Waals surface area contributed by atoms with E-state index in [9.17, 15) is 15.0 Å². The maximum absolute atomic E-state index is 11.2. The Balaban J connectivity index is 0.000000881. The maximum atomic E-state index is 11.2. The van der Waals surface area contributed by atoms with Gasteiger partial charge in [-0.25, -0.2) is 4.98 Å². The Morgan fingerprint density at radius 2 is 1.76 bits per heavy atom. The van der Waals surface area contributed by atoms with Gasteiger partial charge in [-0.3, -0.25) is 0 Å². The summed E-state index contributed by atoms with van der Waals surface area (Å²) in [6.45, 7) is 14.6. The van der Waals surface area contributed by atoms with Gasteiger partial charge in [-0.2, -0.15) is 0 Å². The zero-order valence-corrected chi connectivity index (χ0v) is 26.8. The summed E-state index contributed by atoms with van der Waals surface area (Å²) in [6, 6.07) is 7.79. The summed E-state index contributed by atoms with van der Waals surface area (Å²) >= 11 is 0. The molecule has 4 atom stereocenters. The Morgan fingerprint density at radius 3 is 2.29 bits per heavy atom. The number of fused-ring (bicyclic) bond motifs is 4. The summed E-state index contributed by atoms with van der Waals surface area (Å²) in [5.41, 5.74) is 4.53. The summed E-state index contributed by atoms with van der Waals surface area (Å²) in [7, 11) is 2.63. The average molecular weight is 591 g/mol. The number of aromatic nitrogens is 1. The van der Waals surface area contributed by atoms with Crippen molar-refractivity contribution in [3.63, 3.8) is 0 Å². The molecule has 0 spiro atoms. The number of ether oxygens (including phenoxy) is 2. The van der Waals surface area contributed by atoms with Crippen LogP contribution in [0.2, 0.25) is 0 Å². The van der Waals surface area contributed by atoms with E-state index in [1.807, 2.05) is 84.0 Å². The fourth-order valence-corrected chi connectivity index (χ4v) is 4.93. The summed E-state index contributed by atoms with van der Waals surface area (Å²) in [6.07, 6.45) is 6.38. The lowest BCUT2D eigenvalue weighted by atomic mass is 9.84. The van der Waals surface area contributed by atoms with Gasteiger partial charge in [-0.1, -0.05) is 78.0 Å². The van der Waals surface area contributed by atoms with E-state index in [0.29, 0.717) is 32.6 Å². The third kappa shape index (κ3) is 10.3. The Labute approximate surface area is 252 Å². The van der Waals surface area contributed by atoms with Crippen molar-refractivity contribution in [2.45, 2.75) is 73.3 Å². The van der Waals surface area contributed by atoms with Crippen molar-refractivity contribution in [1.82, 2.24) is 9.88 Å². The second kappa shape index (κ2) is 22.9. The monoisotopic (exact) mass is 590 g/mol. The predicted molar refractivity (Wildman–Crippen MR) is 170 cm³/mol. The molecule has 0 radical (unpaired) electrons. The average Bonchev–Trinajstić information content (AvgIpc) is 3.44. The number of aldehydes is 1. The fraction of sp³-hybridized carbons (Fsp3) is 0.576. The van der Waals surface area contributed by atoms with Crippen molar-refractivity contribution in [1.29, 1.82) is 0 Å². The number of aliphatic hydroxyl groups is 4. The van der Waals surface area contributed by atoms with Gasteiger partial charge in [0, 0.05) is 50.1 Å². The molecule has 3 aliphatic heterocycles. The minimum absolute atomic E-state index is 0.0188. The molecule has 5 rings (SSSR count). The minimum Gasteiger partial charge on any atom is -0.400 e. The molecule has 4 heterocycles. The molecule has 0 aliphatic carbocycles. The largest absolute Gasteiger partial charge is 0.400 e. The first kappa shape index (κ1) is 39.3. The smallest absolute Gasteiger partial charge is 0.149 e. The highest BCUT2D eigenvalue weighted by Crippen LogP contribution is 2.42. The molecule has 0 saturated heterocycles. The first-order chi connectivity index (χ1) is 20.6. The van der Waals surface area contributed by atoms with Crippen LogP contribution in [-0.2, 0) is 27.4 Å². The van der Waals surface area contributed by atoms with E-state index in [4.69, 9.17) is 24.7 Å². The molecule has 0 saturated carbocycles. The van der Waals surface area contributed by atoms with Crippen molar-refractivity contribution < 1.29 is 34.7 Å². The molecule has 42 heavy (non-hydrogen) atoms. The normalized spacial score (nSPS) is 20.0. The van der Waals surface area contributed by atoms with E-state index in [1.54, 1.807) is 7.11 Å². The lowest BCUT2D eigenvalue weighted by Crippen LogP contribution is -2.41. The number of carbonyl (C=O) groups is 1. The number of para-hydroxylation sites is 1. The minimum atomic E-state index is -1.06. The van der Waals surface area contributed by atoms with Gasteiger partial charge in [0.25, 0.3) is 0 Å². The molecule has 2 aromatic rings. The first-order valence-electron chi connectivity index (χ1n) is 15.0. The Bertz CT molecular complexity index is 1070. The molecular formula is C33H54N2O7. The van der Waals surface area contributed by atoms with E-state index >= 15 is 0 Å². The van der Waals surface area contributed by atoms with Gasteiger partial charge in [0.15, 0.2) is 0 Å². The van der Waals surface area contributed by atoms with Crippen LogP contribution < -0.4 is 0 Å². The van der Waals surface area contributed by atoms with Crippen LogP contribution in [0.5, 0.6) is 0 Å². The van der Waals surface area contributed by atoms with E-state index in [-0.39, 0.29) is 31.2 Å². The molecule has 1 aromatic heterocycles. The van der Waals surface area contributed by atoms with Crippen LogP contribution in [0.4, 0.5) is 0 Å². The highest BCUT2D eigenvalue weighted by Gasteiger charge is 2.39. The zero-order chi connectivity index (χ0) is 32.1. The number of pyridine rings is 1. The van der Waals surface area contributed by atoms with Crippen LogP contribution in [0, 0.1) is 11.8 Å². The Kier molecular flexibility index (Phi) is 21.4. The Morgan fingerprint density at radius 1 is 1.10 bits per heavy atom. The standard InChI is InChI=1S/C20H22N2O4.C6H10O2.3C2H6.CH4O/c1-26-11-12-7-22-8-15-16(9-23)13-4-2-3-5-17(13)21-20(15)18(22)6-14(12)19(25)10-24;7-5-6-3-1-2-4-8-6;4*1-2/h2-6,10,12,14,19,23,25H,7-9,11H2,1H3;1-2,6-7H,3-5H2;3*1-2H3;2H,1H3. The van der Waals surface area contributed by atoms with Crippen LogP contribution in [0.3, 0.4) is 0 Å². The number of carbonyl (C=O) groups excluding carboxylic acids is 1. The number of nitrogens with zero attached hydrogens (tertiary/aromatic N) is 2. The van der Waals surface area contributed by atoms with Crippen molar-refractivity contribution >= 4 is 22.9 Å². The van der Waals surface area contributed by atoms with Gasteiger partial charge < -0.3 is 39.6 Å². The molecule has 0 bridgehead atoms. The van der Waals surface area contributed by atoms with Crippen LogP contribution >= 0.6 is 0 Å². The van der Waals surface area contributed by atoms with E-state index in [1.165, 1.54) is 0 Å². The topological polar surface area (TPSA) is 133 Å². The van der Waals surface area contributed by atoms with Gasteiger partial charge in [0.1, 0.15) is 12.4 Å². The third-order valence-corrected chi connectivity index (χ3v) is 6.66. The van der Waals surface area contributed by atoms with Crippen molar-refractivity contribution in [2.75, 3.05) is 40.6 Å². The van der Waals surface area contributed by atoms with E-state index in [2.05, 4.69) is 4.90 Å². The molecule has 4 unspecified atom stereocenters. The van der Waals surface area contributed by atoms with Crippen LogP contribution in [0.25, 0.3) is 16.6 Å². The molecule has 238 valence electrons. The van der Waals surface area contributed by atoms with Gasteiger partial charge >= 0.3 is 0 Å². The fourth-order valence-electron chi connectivity index (χ4n) is 4.93. The molecule has 9 heteroatoms. The molecule has 1 aromatic carbocycles. The SMILES string of the molecule is CC.CC.CC.CO.COCC1CN2Cc3c(nc4ccccc4c3CO)C2=CC1C(O)C=O.OCC1CC=CCO1. The number of methoxy groups -OCH3 is 1. The zero-order valence-electron chi connectivity index (χ0n) is 26.8. The molecule has 0 amide bonds. The van der Waals surface area contributed by atoms with Crippen molar-refractivity contribution in [3.8, 4) is 0 Å². The molecule has 0 fully saturated rings. The summed E-state index contributed by atoms with van der Waals surface area (Å²) < 4.78 is 10.4. The van der Waals surface area contributed by atoms with Gasteiger partial charge in [0.05, 0.1) is 49.4 Å². The highest BCUT2D eigenvalue weighted by atomic mass is 16.5. The van der Waals surface area contributed by atoms with E-state index < -0.39 is 6.10 Å². The van der Waals surface area contributed by atoms with Crippen molar-refractivity contribution in [2.24, 2.45) is 11.8 Å². The number of hydrogen-bond donors (Lipinski definition) is 4. The molecule has 9 nitrogen and oxygen atoms in total. The predicted octanol–water partition coefficient (Wildman–Crippen LogP) is 4.35. The number of benzene rings is 1. The Hall–Kier alpha value is -2.66. The summed E-state index contributed by atoms with van der Waals surface area (Å²) in [5, 5.41) is 36.6. The first-order valence-corrected chi connectivity index (χ1v) is 15.0. The lowest BCUT2D eigenvalue weighted by Gasteiger charge is -2.36. The quantitative estimate of drug-likeness (QED) is 0.286. The second-order valence-corrected chi connectivity index (χ2v) is 8.79.